The highest BCUT2D eigenvalue weighted by atomic mass is 32.1. The van der Waals surface area contributed by atoms with Gasteiger partial charge in [-0.3, -0.25) is 0 Å². The van der Waals surface area contributed by atoms with Crippen LogP contribution in [0.2, 0.25) is 0 Å². The summed E-state index contributed by atoms with van der Waals surface area (Å²) in [6.07, 6.45) is 3.76. The van der Waals surface area contributed by atoms with Crippen LogP contribution in [0.5, 0.6) is 0 Å². The second-order valence-corrected chi connectivity index (χ2v) is 3.01. The van der Waals surface area contributed by atoms with Gasteiger partial charge in [-0.05, 0) is 0 Å². The first-order valence-corrected chi connectivity index (χ1v) is 3.76. The van der Waals surface area contributed by atoms with Crippen molar-refractivity contribution in [1.82, 2.24) is 4.40 Å². The van der Waals surface area contributed by atoms with Gasteiger partial charge in [0.1, 0.15) is 4.83 Å². The zero-order chi connectivity index (χ0) is 7.14. The summed E-state index contributed by atoms with van der Waals surface area (Å²) in [5.74, 6) is 0. The summed E-state index contributed by atoms with van der Waals surface area (Å²) >= 11 is 1.59. The zero-order valence-electron chi connectivity index (χ0n) is 5.24. The first-order valence-electron chi connectivity index (χ1n) is 2.88. The lowest BCUT2D eigenvalue weighted by Crippen LogP contribution is -1.88. The molecule has 4 N–H and O–H groups in total. The molecule has 2 heterocycles. The molecule has 0 fully saturated rings. The van der Waals surface area contributed by atoms with Crippen LogP contribution in [-0.2, 0) is 0 Å². The van der Waals surface area contributed by atoms with Crippen molar-refractivity contribution >= 4 is 27.5 Å². The van der Waals surface area contributed by atoms with E-state index in [1.807, 2.05) is 22.2 Å². The van der Waals surface area contributed by atoms with Crippen molar-refractivity contribution in [1.29, 1.82) is 0 Å². The van der Waals surface area contributed by atoms with Gasteiger partial charge in [0, 0.05) is 17.8 Å². The highest BCUT2D eigenvalue weighted by Gasteiger charge is 2.03. The molecule has 0 aliphatic heterocycles. The van der Waals surface area contributed by atoms with Crippen LogP contribution in [0.1, 0.15) is 0 Å². The predicted octanol–water partition coefficient (Wildman–Crippen LogP) is 1.17. The van der Waals surface area contributed by atoms with Gasteiger partial charge in [-0.2, -0.15) is 0 Å². The van der Waals surface area contributed by atoms with Crippen molar-refractivity contribution in [2.45, 2.75) is 0 Å². The van der Waals surface area contributed by atoms with E-state index in [1.54, 1.807) is 11.3 Å². The summed E-state index contributed by atoms with van der Waals surface area (Å²) < 4.78 is 1.93. The average Bonchev–Trinajstić information content (AvgIpc) is 2.41. The van der Waals surface area contributed by atoms with Crippen LogP contribution in [0, 0.1) is 0 Å². The average molecular weight is 153 g/mol. The Morgan fingerprint density at radius 1 is 1.40 bits per heavy atom. The van der Waals surface area contributed by atoms with Gasteiger partial charge in [0.15, 0.2) is 0 Å². The highest BCUT2D eigenvalue weighted by Crippen LogP contribution is 2.26. The Morgan fingerprint density at radius 3 is 2.90 bits per heavy atom. The lowest BCUT2D eigenvalue weighted by Gasteiger charge is -1.84. The molecule has 4 heteroatoms. The molecule has 0 amide bonds. The lowest BCUT2D eigenvalue weighted by atomic mass is 10.5. The van der Waals surface area contributed by atoms with Crippen LogP contribution in [0.15, 0.2) is 17.8 Å². The molecule has 2 aromatic heterocycles. The monoisotopic (exact) mass is 153 g/mol. The maximum atomic E-state index is 5.65. The van der Waals surface area contributed by atoms with Crippen molar-refractivity contribution in [3.05, 3.63) is 17.8 Å². The fourth-order valence-corrected chi connectivity index (χ4v) is 1.74. The van der Waals surface area contributed by atoms with E-state index in [1.165, 1.54) is 0 Å². The van der Waals surface area contributed by atoms with E-state index in [2.05, 4.69) is 0 Å². The number of hydrogen-bond donors (Lipinski definition) is 2. The minimum Gasteiger partial charge on any atom is -0.396 e. The second-order valence-electron chi connectivity index (χ2n) is 2.11. The Hall–Kier alpha value is -1.16. The minimum atomic E-state index is 0.659. The fraction of sp³-hybridized carbons (Fsp3) is 0. The van der Waals surface area contributed by atoms with Gasteiger partial charge in [-0.15, -0.1) is 11.3 Å². The smallest absolute Gasteiger partial charge is 0.125 e. The molecule has 0 spiro atoms. The standard InChI is InChI=1S/C6H7N3S/c7-4-3-9-1-2-10-6(9)5(4)8/h1-3H,7-8H2. The van der Waals surface area contributed by atoms with Gasteiger partial charge in [0.05, 0.1) is 11.4 Å². The number of aromatic nitrogens is 1. The number of nitrogens with two attached hydrogens (primary N) is 2. The third-order valence-corrected chi connectivity index (χ3v) is 2.37. The molecule has 2 aromatic rings. The summed E-state index contributed by atoms with van der Waals surface area (Å²) in [4.78, 5) is 1.03. The molecule has 0 radical (unpaired) electrons. The van der Waals surface area contributed by atoms with E-state index in [0.717, 1.165) is 4.83 Å². The molecule has 0 aliphatic carbocycles. The first kappa shape index (κ1) is 5.61. The van der Waals surface area contributed by atoms with Gasteiger partial charge in [0.25, 0.3) is 0 Å². The van der Waals surface area contributed by atoms with Crippen molar-refractivity contribution in [3.63, 3.8) is 0 Å². The van der Waals surface area contributed by atoms with Crippen LogP contribution in [-0.4, -0.2) is 4.40 Å². The zero-order valence-corrected chi connectivity index (χ0v) is 6.06. The number of thiazole rings is 1. The maximum absolute atomic E-state index is 5.65. The third-order valence-electron chi connectivity index (χ3n) is 1.46. The Morgan fingerprint density at radius 2 is 2.20 bits per heavy atom. The molecule has 10 heavy (non-hydrogen) atoms. The molecule has 3 nitrogen and oxygen atoms in total. The van der Waals surface area contributed by atoms with Crippen molar-refractivity contribution in [3.8, 4) is 0 Å². The maximum Gasteiger partial charge on any atom is 0.125 e. The molecule has 0 saturated heterocycles. The summed E-state index contributed by atoms with van der Waals surface area (Å²) in [5, 5.41) is 1.98. The van der Waals surface area contributed by atoms with Crippen LogP contribution < -0.4 is 11.5 Å². The van der Waals surface area contributed by atoms with Crippen molar-refractivity contribution in [2.75, 3.05) is 11.5 Å². The Kier molecular flexibility index (Phi) is 0.935. The van der Waals surface area contributed by atoms with E-state index in [0.29, 0.717) is 11.4 Å². The molecule has 0 atom stereocenters. The van der Waals surface area contributed by atoms with E-state index in [9.17, 15) is 0 Å². The normalized spacial score (nSPS) is 10.8. The van der Waals surface area contributed by atoms with Crippen LogP contribution in [0.4, 0.5) is 11.4 Å². The summed E-state index contributed by atoms with van der Waals surface area (Å²) in [5.41, 5.74) is 12.6. The number of nitrogens with zero attached hydrogens (tertiary/aromatic N) is 1. The molecule has 2 rings (SSSR count). The molecule has 52 valence electrons. The van der Waals surface area contributed by atoms with Gasteiger partial charge in [-0.25, -0.2) is 0 Å². The molecule has 0 unspecified atom stereocenters. The Bertz CT molecular complexity index is 360. The van der Waals surface area contributed by atoms with E-state index < -0.39 is 0 Å². The van der Waals surface area contributed by atoms with Gasteiger partial charge < -0.3 is 15.9 Å². The Labute approximate surface area is 61.9 Å². The first-order chi connectivity index (χ1) is 4.79. The number of nitrogen functional groups attached to an aromatic ring is 2. The van der Waals surface area contributed by atoms with Crippen LogP contribution in [0.3, 0.4) is 0 Å². The van der Waals surface area contributed by atoms with E-state index in [-0.39, 0.29) is 0 Å². The number of fused-ring (bicyclic) bond motifs is 1. The second kappa shape index (κ2) is 1.67. The minimum absolute atomic E-state index is 0.659. The SMILES string of the molecule is Nc1cn2ccsc2c1N. The van der Waals surface area contributed by atoms with E-state index >= 15 is 0 Å². The molecule has 0 bridgehead atoms. The van der Waals surface area contributed by atoms with Crippen LogP contribution in [0.25, 0.3) is 4.83 Å². The fourth-order valence-electron chi connectivity index (χ4n) is 0.936. The van der Waals surface area contributed by atoms with E-state index in [4.69, 9.17) is 11.5 Å². The summed E-state index contributed by atoms with van der Waals surface area (Å²) in [6, 6.07) is 0. The topological polar surface area (TPSA) is 56.5 Å². The van der Waals surface area contributed by atoms with Gasteiger partial charge in [-0.1, -0.05) is 0 Å². The quantitative estimate of drug-likeness (QED) is 0.596. The molecular formula is C6H7N3S. The van der Waals surface area contributed by atoms with Gasteiger partial charge >= 0.3 is 0 Å². The van der Waals surface area contributed by atoms with Crippen molar-refractivity contribution < 1.29 is 0 Å². The Balaban J connectivity index is 2.95. The molecule has 0 saturated carbocycles. The lowest BCUT2D eigenvalue weighted by molar-refractivity contribution is 1.24. The number of anilines is 2. The third kappa shape index (κ3) is 0.537. The molecule has 0 aromatic carbocycles. The van der Waals surface area contributed by atoms with Crippen LogP contribution >= 0.6 is 11.3 Å². The van der Waals surface area contributed by atoms with Crippen molar-refractivity contribution in [2.24, 2.45) is 0 Å². The highest BCUT2D eigenvalue weighted by molar-refractivity contribution is 7.16. The van der Waals surface area contributed by atoms with Gasteiger partial charge in [0.2, 0.25) is 0 Å². The predicted molar refractivity (Wildman–Crippen MR) is 44.1 cm³/mol. The largest absolute Gasteiger partial charge is 0.396 e. The summed E-state index contributed by atoms with van der Waals surface area (Å²) in [7, 11) is 0. The molecule has 0 aliphatic rings. The summed E-state index contributed by atoms with van der Waals surface area (Å²) in [6.45, 7) is 0. The number of hydrogen-bond acceptors (Lipinski definition) is 3. The number of rotatable bonds is 0. The molecular weight excluding hydrogens is 146 g/mol.